The Bertz CT molecular complexity index is 545. The van der Waals surface area contributed by atoms with Crippen molar-refractivity contribution >= 4 is 44.4 Å². The first kappa shape index (κ1) is 19.7. The van der Waals surface area contributed by atoms with E-state index in [0.717, 1.165) is 12.8 Å². The quantitative estimate of drug-likeness (QED) is 0.376. The zero-order valence-corrected chi connectivity index (χ0v) is 18.3. The van der Waals surface area contributed by atoms with Gasteiger partial charge in [-0.05, 0) is 32.3 Å². The molecule has 0 aromatic heterocycles. The van der Waals surface area contributed by atoms with E-state index in [4.69, 9.17) is 0 Å². The van der Waals surface area contributed by atoms with Crippen LogP contribution in [0.15, 0.2) is 6.07 Å². The fourth-order valence-electron chi connectivity index (χ4n) is 2.09. The molecule has 2 radical (unpaired) electrons. The predicted octanol–water partition coefficient (Wildman–Crippen LogP) is 2.80. The summed E-state index contributed by atoms with van der Waals surface area (Å²) in [5.74, 6) is 0. The monoisotopic (exact) mass is 491 g/mol. The number of benzene rings is 1. The van der Waals surface area contributed by atoms with Gasteiger partial charge in [-0.2, -0.15) is 0 Å². The summed E-state index contributed by atoms with van der Waals surface area (Å²) in [6, 6.07) is 1.35. The summed E-state index contributed by atoms with van der Waals surface area (Å²) in [5.41, 5.74) is 0.555. The van der Waals surface area contributed by atoms with Crippen molar-refractivity contribution in [3.05, 3.63) is 37.4 Å². The summed E-state index contributed by atoms with van der Waals surface area (Å²) in [6.07, 6.45) is 1.47. The van der Waals surface area contributed by atoms with Crippen molar-refractivity contribution in [1.82, 2.24) is 0 Å². The number of hydrogen-bond donors (Lipinski definition) is 1. The number of aryl methyl sites for hydroxylation is 1. The molecule has 1 N–H and O–H groups in total. The number of nitro benzene ring substituents is 2. The average Bonchev–Trinajstić information content (AvgIpc) is 2.38. The zero-order valence-electron chi connectivity index (χ0n) is 12.8. The molecule has 0 fully saturated rings. The molecular weight excluding hydrogens is 469 g/mol. The van der Waals surface area contributed by atoms with E-state index in [1.165, 1.54) is 6.07 Å². The van der Waals surface area contributed by atoms with Crippen molar-refractivity contribution in [1.29, 1.82) is 0 Å². The van der Waals surface area contributed by atoms with Crippen LogP contribution in [-0.4, -0.2) is 43.2 Å². The van der Waals surface area contributed by atoms with Gasteiger partial charge in [-0.3, -0.25) is 20.2 Å². The van der Waals surface area contributed by atoms with Crippen molar-refractivity contribution in [2.75, 3.05) is 5.32 Å². The van der Waals surface area contributed by atoms with E-state index >= 15 is 0 Å². The van der Waals surface area contributed by atoms with Crippen LogP contribution in [0.3, 0.4) is 0 Å². The summed E-state index contributed by atoms with van der Waals surface area (Å²) >= 11 is 0. The second-order valence-electron chi connectivity index (χ2n) is 4.73. The first-order chi connectivity index (χ1) is 9.33. The third-order valence-corrected chi connectivity index (χ3v) is 3.51. The Morgan fingerprint density at radius 1 is 1.14 bits per heavy atom. The van der Waals surface area contributed by atoms with Crippen LogP contribution in [0.25, 0.3) is 0 Å². The normalized spacial score (nSPS) is 10.1. The van der Waals surface area contributed by atoms with Gasteiger partial charge < -0.3 is 5.32 Å². The molecular formula is C13H21N3O4Pb. The molecule has 8 heteroatoms. The molecule has 0 saturated heterocycles. The topological polar surface area (TPSA) is 98.3 Å². The van der Waals surface area contributed by atoms with Gasteiger partial charge in [0.1, 0.15) is 0 Å². The van der Waals surface area contributed by atoms with Gasteiger partial charge in [0, 0.05) is 17.7 Å². The summed E-state index contributed by atoms with van der Waals surface area (Å²) in [7, 11) is 0. The van der Waals surface area contributed by atoms with Gasteiger partial charge >= 0.3 is 33.0 Å². The minimum atomic E-state index is -0.579. The molecule has 0 aliphatic carbocycles. The van der Waals surface area contributed by atoms with E-state index in [-0.39, 0.29) is 50.4 Å². The predicted molar refractivity (Wildman–Crippen MR) is 85.8 cm³/mol. The van der Waals surface area contributed by atoms with Crippen molar-refractivity contribution in [3.63, 3.8) is 0 Å². The van der Waals surface area contributed by atoms with Gasteiger partial charge in [0.05, 0.1) is 9.85 Å². The molecule has 0 spiro atoms. The number of rotatable bonds is 6. The Hall–Kier alpha value is -1.26. The number of nitro groups is 2. The Labute approximate surface area is 143 Å². The van der Waals surface area contributed by atoms with E-state index in [0.29, 0.717) is 11.1 Å². The van der Waals surface area contributed by atoms with Crippen LogP contribution in [0.2, 0.25) is 0 Å². The number of nitrogens with one attached hydrogen (secondary N) is 1. The molecule has 0 unspecified atom stereocenters. The van der Waals surface area contributed by atoms with Crippen LogP contribution in [0.5, 0.6) is 0 Å². The van der Waals surface area contributed by atoms with Gasteiger partial charge in [-0.15, -0.1) is 0 Å². The molecule has 7 nitrogen and oxygen atoms in total. The van der Waals surface area contributed by atoms with Crippen LogP contribution in [0.4, 0.5) is 17.1 Å². The molecule has 0 amide bonds. The van der Waals surface area contributed by atoms with E-state index in [1.807, 2.05) is 13.8 Å². The standard InChI is InChI=1S/C13H19N3O4.Pb.2H/c1-5-10(6-2)14-12-11(15(17)18)7-8(3)9(4)13(12)16(19)20;;;/h7,10,14H,5-6H2,1-4H3;;;. The van der Waals surface area contributed by atoms with E-state index in [1.54, 1.807) is 13.8 Å². The van der Waals surface area contributed by atoms with Crippen molar-refractivity contribution in [3.8, 4) is 0 Å². The molecule has 0 bridgehead atoms. The maximum absolute atomic E-state index is 11.3. The third-order valence-electron chi connectivity index (χ3n) is 3.51. The maximum atomic E-state index is 11.3. The molecule has 1 aromatic carbocycles. The number of anilines is 1. The Kier molecular flexibility index (Phi) is 7.76. The molecule has 0 atom stereocenters. The van der Waals surface area contributed by atoms with E-state index < -0.39 is 9.85 Å². The first-order valence-corrected chi connectivity index (χ1v) is 6.52. The van der Waals surface area contributed by atoms with Gasteiger partial charge in [0.2, 0.25) is 0 Å². The second-order valence-corrected chi connectivity index (χ2v) is 4.73. The third kappa shape index (κ3) is 4.35. The van der Waals surface area contributed by atoms with Crippen LogP contribution in [0.1, 0.15) is 37.8 Å². The van der Waals surface area contributed by atoms with Gasteiger partial charge in [-0.25, -0.2) is 0 Å². The number of hydrogen-bond acceptors (Lipinski definition) is 5. The van der Waals surface area contributed by atoms with E-state index in [9.17, 15) is 20.2 Å². The Morgan fingerprint density at radius 2 is 1.67 bits per heavy atom. The minimum absolute atomic E-state index is 0. The molecule has 1 aromatic rings. The molecule has 1 rings (SSSR count). The first-order valence-electron chi connectivity index (χ1n) is 6.52. The van der Waals surface area contributed by atoms with Gasteiger partial charge in [-0.1, -0.05) is 13.8 Å². The number of nitrogens with zero attached hydrogens (tertiary/aromatic N) is 2. The fraction of sp³-hybridized carbons (Fsp3) is 0.538. The Balaban J connectivity index is 0.00000400. The second kappa shape index (κ2) is 8.25. The van der Waals surface area contributed by atoms with Crippen molar-refractivity contribution in [2.45, 2.75) is 46.6 Å². The molecule has 21 heavy (non-hydrogen) atoms. The molecule has 0 saturated carbocycles. The Morgan fingerprint density at radius 3 is 2.05 bits per heavy atom. The van der Waals surface area contributed by atoms with Gasteiger partial charge in [0.25, 0.3) is 5.69 Å². The summed E-state index contributed by atoms with van der Waals surface area (Å²) in [4.78, 5) is 21.3. The SMILES string of the molecule is CCC(CC)Nc1c([N+](=O)[O-])cc(C)c(C)c1[N+](=O)[O-].[PbH2]. The summed E-state index contributed by atoms with van der Waals surface area (Å²) in [5, 5.41) is 25.4. The summed E-state index contributed by atoms with van der Waals surface area (Å²) in [6.45, 7) is 7.10. The van der Waals surface area contributed by atoms with Crippen LogP contribution in [-0.2, 0) is 0 Å². The molecule has 0 heterocycles. The molecule has 116 valence electrons. The van der Waals surface area contributed by atoms with Crippen LogP contribution >= 0.6 is 0 Å². The van der Waals surface area contributed by atoms with Gasteiger partial charge in [0.15, 0.2) is 5.69 Å². The van der Waals surface area contributed by atoms with Crippen LogP contribution < -0.4 is 5.32 Å². The summed E-state index contributed by atoms with van der Waals surface area (Å²) < 4.78 is 0. The van der Waals surface area contributed by atoms with Crippen molar-refractivity contribution < 1.29 is 9.85 Å². The fourth-order valence-corrected chi connectivity index (χ4v) is 2.09. The van der Waals surface area contributed by atoms with Crippen molar-refractivity contribution in [2.24, 2.45) is 0 Å². The molecule has 0 aliphatic heterocycles. The van der Waals surface area contributed by atoms with Crippen LogP contribution in [0, 0.1) is 34.1 Å². The van der Waals surface area contributed by atoms with E-state index in [2.05, 4.69) is 5.32 Å². The molecule has 0 aliphatic rings. The zero-order chi connectivity index (χ0) is 15.4. The average molecular weight is 491 g/mol.